The van der Waals surface area contributed by atoms with Crippen LogP contribution in [0, 0.1) is 13.8 Å². The summed E-state index contributed by atoms with van der Waals surface area (Å²) in [6.45, 7) is 3.71. The third-order valence-corrected chi connectivity index (χ3v) is 4.89. The molecule has 3 rings (SSSR count). The van der Waals surface area contributed by atoms with Crippen molar-refractivity contribution in [2.75, 3.05) is 11.1 Å². The largest absolute Gasteiger partial charge is 0.322 e. The number of aromatic nitrogens is 4. The van der Waals surface area contributed by atoms with Gasteiger partial charge in [-0.1, -0.05) is 39.8 Å². The average Bonchev–Trinajstić information content (AvgIpc) is 2.93. The van der Waals surface area contributed by atoms with E-state index < -0.39 is 0 Å². The number of rotatable bonds is 5. The van der Waals surface area contributed by atoms with E-state index in [9.17, 15) is 4.79 Å². The first-order valence-corrected chi connectivity index (χ1v) is 9.34. The van der Waals surface area contributed by atoms with E-state index in [0.717, 1.165) is 32.8 Å². The average molecular weight is 418 g/mol. The quantitative estimate of drug-likeness (QED) is 0.484. The van der Waals surface area contributed by atoms with Crippen LogP contribution in [0.25, 0.3) is 11.3 Å². The Morgan fingerprint density at radius 1 is 1.24 bits per heavy atom. The molecule has 0 aliphatic rings. The molecule has 0 aliphatic heterocycles. The number of hydrogen-bond acceptors (Lipinski definition) is 5. The summed E-state index contributed by atoms with van der Waals surface area (Å²) in [4.78, 5) is 20.9. The minimum Gasteiger partial charge on any atom is -0.322 e. The molecule has 25 heavy (non-hydrogen) atoms. The van der Waals surface area contributed by atoms with E-state index in [2.05, 4.69) is 41.4 Å². The Balaban J connectivity index is 1.64. The lowest BCUT2D eigenvalue weighted by atomic mass is 10.1. The fraction of sp³-hybridized carbons (Fsp3) is 0.176. The van der Waals surface area contributed by atoms with Crippen LogP contribution in [-0.2, 0) is 4.79 Å². The molecular weight excluding hydrogens is 402 g/mol. The van der Waals surface area contributed by atoms with Crippen LogP contribution in [0.3, 0.4) is 0 Å². The Bertz CT molecular complexity index is 875. The zero-order valence-corrected chi connectivity index (χ0v) is 16.1. The third-order valence-electron chi connectivity index (χ3n) is 3.50. The molecule has 2 heterocycles. The van der Waals surface area contributed by atoms with Crippen LogP contribution < -0.4 is 5.32 Å². The lowest BCUT2D eigenvalue weighted by molar-refractivity contribution is -0.113. The molecule has 8 heteroatoms. The van der Waals surface area contributed by atoms with Gasteiger partial charge in [-0.3, -0.25) is 9.89 Å². The highest BCUT2D eigenvalue weighted by atomic mass is 79.9. The van der Waals surface area contributed by atoms with Gasteiger partial charge in [-0.15, -0.1) is 0 Å². The second-order valence-corrected chi connectivity index (χ2v) is 7.24. The molecule has 128 valence electrons. The molecule has 2 aromatic heterocycles. The summed E-state index contributed by atoms with van der Waals surface area (Å²) in [7, 11) is 0. The molecule has 0 saturated heterocycles. The Morgan fingerprint density at radius 2 is 2.00 bits per heavy atom. The van der Waals surface area contributed by atoms with Crippen molar-refractivity contribution >= 4 is 39.3 Å². The van der Waals surface area contributed by atoms with Crippen molar-refractivity contribution in [2.45, 2.75) is 19.0 Å². The number of nitrogens with one attached hydrogen (secondary N) is 2. The number of halogens is 1. The summed E-state index contributed by atoms with van der Waals surface area (Å²) in [6.07, 6.45) is 1.70. The fourth-order valence-corrected chi connectivity index (χ4v) is 3.13. The van der Waals surface area contributed by atoms with Crippen molar-refractivity contribution in [3.05, 3.63) is 52.4 Å². The van der Waals surface area contributed by atoms with Crippen molar-refractivity contribution in [1.29, 1.82) is 0 Å². The van der Waals surface area contributed by atoms with Crippen molar-refractivity contribution < 1.29 is 4.79 Å². The molecule has 0 unspecified atom stereocenters. The van der Waals surface area contributed by atoms with Crippen molar-refractivity contribution in [3.8, 4) is 11.3 Å². The first kappa shape index (κ1) is 17.6. The van der Waals surface area contributed by atoms with Gasteiger partial charge in [0.1, 0.15) is 0 Å². The minimum atomic E-state index is -0.116. The molecule has 0 atom stereocenters. The maximum atomic E-state index is 12.1. The molecule has 0 bridgehead atoms. The Morgan fingerprint density at radius 3 is 2.68 bits per heavy atom. The van der Waals surface area contributed by atoms with Gasteiger partial charge < -0.3 is 5.32 Å². The number of hydrogen-bond donors (Lipinski definition) is 2. The maximum absolute atomic E-state index is 12.1. The molecule has 0 spiro atoms. The molecule has 1 amide bonds. The van der Waals surface area contributed by atoms with E-state index in [1.165, 1.54) is 11.8 Å². The topological polar surface area (TPSA) is 83.6 Å². The van der Waals surface area contributed by atoms with E-state index >= 15 is 0 Å². The van der Waals surface area contributed by atoms with E-state index in [1.54, 1.807) is 6.20 Å². The Labute approximate surface area is 158 Å². The number of anilines is 1. The minimum absolute atomic E-state index is 0.116. The van der Waals surface area contributed by atoms with Crippen LogP contribution in [0.4, 0.5) is 5.69 Å². The second-order valence-electron chi connectivity index (χ2n) is 5.38. The number of aromatic amines is 1. The van der Waals surface area contributed by atoms with Crippen molar-refractivity contribution in [2.24, 2.45) is 0 Å². The van der Waals surface area contributed by atoms with Crippen molar-refractivity contribution in [1.82, 2.24) is 20.2 Å². The summed E-state index contributed by atoms with van der Waals surface area (Å²) in [5, 5.41) is 10.3. The first-order valence-electron chi connectivity index (χ1n) is 7.56. The molecule has 2 N–H and O–H groups in total. The number of carbonyl (C=O) groups excluding carboxylic acids is 1. The second kappa shape index (κ2) is 7.79. The maximum Gasteiger partial charge on any atom is 0.234 e. The van der Waals surface area contributed by atoms with Gasteiger partial charge in [0.25, 0.3) is 0 Å². The fourth-order valence-electron chi connectivity index (χ4n) is 2.23. The number of carbonyl (C=O) groups is 1. The number of nitrogens with zero attached hydrogens (tertiary/aromatic N) is 3. The van der Waals surface area contributed by atoms with Gasteiger partial charge in [-0.05, 0) is 32.0 Å². The summed E-state index contributed by atoms with van der Waals surface area (Å²) in [6, 6.07) is 9.75. The van der Waals surface area contributed by atoms with Gasteiger partial charge in [-0.25, -0.2) is 9.97 Å². The molecule has 0 aliphatic carbocycles. The third kappa shape index (κ3) is 4.46. The number of thioether (sulfide) groups is 1. The summed E-state index contributed by atoms with van der Waals surface area (Å²) in [5.74, 6) is 0.114. The Kier molecular flexibility index (Phi) is 5.50. The lowest BCUT2D eigenvalue weighted by Gasteiger charge is -2.06. The standard InChI is InChI=1S/C17H16BrN5OS/c1-10-16(11(2)23-22-10)21-15(24)9-25-17-19-8-7-14(20-17)12-3-5-13(18)6-4-12/h3-8H,9H2,1-2H3,(H,21,24)(H,22,23). The van der Waals surface area contributed by atoms with Crippen LogP contribution in [0.1, 0.15) is 11.4 Å². The normalized spacial score (nSPS) is 10.7. The van der Waals surface area contributed by atoms with E-state index in [4.69, 9.17) is 0 Å². The highest BCUT2D eigenvalue weighted by molar-refractivity contribution is 9.10. The number of H-pyrrole nitrogens is 1. The first-order chi connectivity index (χ1) is 12.0. The van der Waals surface area contributed by atoms with Crippen LogP contribution >= 0.6 is 27.7 Å². The van der Waals surface area contributed by atoms with Gasteiger partial charge in [0.05, 0.1) is 28.5 Å². The number of benzene rings is 1. The summed E-state index contributed by atoms with van der Waals surface area (Å²) < 4.78 is 1.02. The summed E-state index contributed by atoms with van der Waals surface area (Å²) >= 11 is 4.72. The lowest BCUT2D eigenvalue weighted by Crippen LogP contribution is -2.15. The van der Waals surface area contributed by atoms with Crippen LogP contribution in [0.5, 0.6) is 0 Å². The number of aryl methyl sites for hydroxylation is 2. The van der Waals surface area contributed by atoms with Gasteiger partial charge in [0.2, 0.25) is 5.91 Å². The van der Waals surface area contributed by atoms with Crippen LogP contribution in [0.15, 0.2) is 46.2 Å². The predicted molar refractivity (Wildman–Crippen MR) is 103 cm³/mol. The molecular formula is C17H16BrN5OS. The Hall–Kier alpha value is -2.19. The van der Waals surface area contributed by atoms with Gasteiger partial charge >= 0.3 is 0 Å². The van der Waals surface area contributed by atoms with Crippen LogP contribution in [-0.4, -0.2) is 31.8 Å². The predicted octanol–water partition coefficient (Wildman–Crippen LogP) is 3.98. The van der Waals surface area contributed by atoms with E-state index in [1.807, 2.05) is 44.2 Å². The van der Waals surface area contributed by atoms with Crippen molar-refractivity contribution in [3.63, 3.8) is 0 Å². The molecule has 0 fully saturated rings. The smallest absolute Gasteiger partial charge is 0.234 e. The highest BCUT2D eigenvalue weighted by Gasteiger charge is 2.11. The number of amides is 1. The summed E-state index contributed by atoms with van der Waals surface area (Å²) in [5.41, 5.74) is 4.16. The van der Waals surface area contributed by atoms with Gasteiger partial charge in [0.15, 0.2) is 5.16 Å². The molecule has 0 saturated carbocycles. The monoisotopic (exact) mass is 417 g/mol. The van der Waals surface area contributed by atoms with E-state index in [-0.39, 0.29) is 11.7 Å². The zero-order chi connectivity index (χ0) is 17.8. The molecule has 1 aromatic carbocycles. The molecule has 6 nitrogen and oxygen atoms in total. The van der Waals surface area contributed by atoms with Crippen LogP contribution in [0.2, 0.25) is 0 Å². The highest BCUT2D eigenvalue weighted by Crippen LogP contribution is 2.22. The zero-order valence-electron chi connectivity index (χ0n) is 13.7. The van der Waals surface area contributed by atoms with Gasteiger partial charge in [-0.2, -0.15) is 5.10 Å². The SMILES string of the molecule is Cc1n[nH]c(C)c1NC(=O)CSc1nccc(-c2ccc(Br)cc2)n1. The molecule has 3 aromatic rings. The van der Waals surface area contributed by atoms with Gasteiger partial charge in [0, 0.05) is 16.2 Å². The molecule has 0 radical (unpaired) electrons. The van der Waals surface area contributed by atoms with E-state index in [0.29, 0.717) is 5.16 Å².